The number of carbonyl (C=O) groups is 1. The highest BCUT2D eigenvalue weighted by molar-refractivity contribution is 5.78. The van der Waals surface area contributed by atoms with Gasteiger partial charge in [-0.3, -0.25) is 9.69 Å². The van der Waals surface area contributed by atoms with Crippen LogP contribution in [0.4, 0.5) is 5.69 Å². The van der Waals surface area contributed by atoms with Gasteiger partial charge in [0, 0.05) is 51.5 Å². The molecule has 1 heterocycles. The molecule has 0 aliphatic carbocycles. The number of piperazine rings is 1. The fourth-order valence-corrected chi connectivity index (χ4v) is 3.50. The Hall–Kier alpha value is -2.73. The summed E-state index contributed by atoms with van der Waals surface area (Å²) in [6.45, 7) is 7.25. The molecular weight excluding hydrogens is 366 g/mol. The van der Waals surface area contributed by atoms with Gasteiger partial charge in [-0.25, -0.2) is 0 Å². The highest BCUT2D eigenvalue weighted by atomic mass is 16.5. The van der Waals surface area contributed by atoms with Crippen LogP contribution in [0, 0.1) is 0 Å². The lowest BCUT2D eigenvalue weighted by molar-refractivity contribution is -0.131. The molecule has 0 saturated carbocycles. The molecule has 0 spiro atoms. The lowest BCUT2D eigenvalue weighted by Gasteiger charge is -2.36. The van der Waals surface area contributed by atoms with E-state index in [0.29, 0.717) is 19.7 Å². The van der Waals surface area contributed by atoms with E-state index in [-0.39, 0.29) is 5.91 Å². The van der Waals surface area contributed by atoms with Crippen molar-refractivity contribution in [2.45, 2.75) is 13.5 Å². The van der Waals surface area contributed by atoms with E-state index in [1.54, 1.807) is 12.0 Å². The number of hydrogen-bond donors (Lipinski definition) is 0. The fourth-order valence-electron chi connectivity index (χ4n) is 3.50. The minimum Gasteiger partial charge on any atom is -0.497 e. The first-order valence-corrected chi connectivity index (χ1v) is 10.2. The van der Waals surface area contributed by atoms with Crippen molar-refractivity contribution < 1.29 is 14.3 Å². The number of hydrogen-bond acceptors (Lipinski definition) is 5. The summed E-state index contributed by atoms with van der Waals surface area (Å²) in [6, 6.07) is 16.1. The molecule has 6 nitrogen and oxygen atoms in total. The lowest BCUT2D eigenvalue weighted by atomic mass is 10.2. The SMILES string of the molecule is CCOc1ccc(CN(C)C(=O)CN2CCN(c3cccc(OC)c3)CC2)cc1. The van der Waals surface area contributed by atoms with Crippen molar-refractivity contribution in [3.63, 3.8) is 0 Å². The van der Waals surface area contributed by atoms with Crippen LogP contribution in [0.3, 0.4) is 0 Å². The van der Waals surface area contributed by atoms with Crippen molar-refractivity contribution in [3.8, 4) is 11.5 Å². The van der Waals surface area contributed by atoms with Crippen LogP contribution in [0.2, 0.25) is 0 Å². The number of ether oxygens (including phenoxy) is 2. The maximum atomic E-state index is 12.6. The first-order chi connectivity index (χ1) is 14.1. The van der Waals surface area contributed by atoms with E-state index < -0.39 is 0 Å². The van der Waals surface area contributed by atoms with Gasteiger partial charge in [-0.1, -0.05) is 18.2 Å². The molecule has 0 N–H and O–H groups in total. The fraction of sp³-hybridized carbons (Fsp3) is 0.435. The van der Waals surface area contributed by atoms with Gasteiger partial charge in [-0.15, -0.1) is 0 Å². The van der Waals surface area contributed by atoms with Gasteiger partial charge in [-0.05, 0) is 36.8 Å². The number of nitrogens with zero attached hydrogens (tertiary/aromatic N) is 3. The summed E-state index contributed by atoms with van der Waals surface area (Å²) in [6.07, 6.45) is 0. The Kier molecular flexibility index (Phi) is 7.36. The van der Waals surface area contributed by atoms with Crippen molar-refractivity contribution in [1.29, 1.82) is 0 Å². The van der Waals surface area contributed by atoms with Gasteiger partial charge in [0.15, 0.2) is 0 Å². The number of amides is 1. The van der Waals surface area contributed by atoms with Gasteiger partial charge >= 0.3 is 0 Å². The summed E-state index contributed by atoms with van der Waals surface area (Å²) in [7, 11) is 3.55. The second-order valence-electron chi connectivity index (χ2n) is 7.29. The summed E-state index contributed by atoms with van der Waals surface area (Å²) >= 11 is 0. The summed E-state index contributed by atoms with van der Waals surface area (Å²) in [4.78, 5) is 19.0. The molecule has 0 aromatic heterocycles. The third-order valence-corrected chi connectivity index (χ3v) is 5.23. The minimum atomic E-state index is 0.147. The van der Waals surface area contributed by atoms with Gasteiger partial charge in [0.1, 0.15) is 11.5 Å². The van der Waals surface area contributed by atoms with Crippen LogP contribution < -0.4 is 14.4 Å². The molecule has 29 heavy (non-hydrogen) atoms. The second-order valence-corrected chi connectivity index (χ2v) is 7.29. The maximum absolute atomic E-state index is 12.6. The van der Waals surface area contributed by atoms with Gasteiger partial charge in [0.05, 0.1) is 20.3 Å². The third kappa shape index (κ3) is 5.87. The highest BCUT2D eigenvalue weighted by Crippen LogP contribution is 2.22. The van der Waals surface area contributed by atoms with Crippen molar-refractivity contribution in [1.82, 2.24) is 9.80 Å². The Labute approximate surface area is 173 Å². The topological polar surface area (TPSA) is 45.2 Å². The molecule has 0 radical (unpaired) electrons. The molecule has 1 saturated heterocycles. The number of methoxy groups -OCH3 is 1. The zero-order chi connectivity index (χ0) is 20.6. The molecule has 1 aliphatic heterocycles. The molecule has 0 atom stereocenters. The van der Waals surface area contributed by atoms with E-state index in [1.165, 1.54) is 5.69 Å². The van der Waals surface area contributed by atoms with Crippen LogP contribution in [0.5, 0.6) is 11.5 Å². The van der Waals surface area contributed by atoms with Gasteiger partial charge in [-0.2, -0.15) is 0 Å². The molecular formula is C23H31N3O3. The van der Waals surface area contributed by atoms with Crippen LogP contribution in [-0.4, -0.2) is 69.2 Å². The van der Waals surface area contributed by atoms with Crippen LogP contribution in [-0.2, 0) is 11.3 Å². The quantitative estimate of drug-likeness (QED) is 0.685. The van der Waals surface area contributed by atoms with Crippen molar-refractivity contribution >= 4 is 11.6 Å². The zero-order valence-electron chi connectivity index (χ0n) is 17.6. The largest absolute Gasteiger partial charge is 0.497 e. The first-order valence-electron chi connectivity index (χ1n) is 10.2. The monoisotopic (exact) mass is 397 g/mol. The van der Waals surface area contributed by atoms with Crippen LogP contribution in [0.1, 0.15) is 12.5 Å². The van der Waals surface area contributed by atoms with E-state index in [9.17, 15) is 4.79 Å². The van der Waals surface area contributed by atoms with Crippen LogP contribution in [0.15, 0.2) is 48.5 Å². The van der Waals surface area contributed by atoms with Gasteiger partial charge in [0.25, 0.3) is 0 Å². The highest BCUT2D eigenvalue weighted by Gasteiger charge is 2.21. The smallest absolute Gasteiger partial charge is 0.236 e. The summed E-state index contributed by atoms with van der Waals surface area (Å²) < 4.78 is 10.8. The molecule has 1 aliphatic rings. The number of likely N-dealkylation sites (N-methyl/N-ethyl adjacent to an activating group) is 1. The summed E-state index contributed by atoms with van der Waals surface area (Å²) in [5, 5.41) is 0. The molecule has 1 fully saturated rings. The van der Waals surface area contributed by atoms with Crippen molar-refractivity contribution in [3.05, 3.63) is 54.1 Å². The average Bonchev–Trinajstić information content (AvgIpc) is 2.76. The van der Waals surface area contributed by atoms with E-state index in [0.717, 1.165) is 43.2 Å². The molecule has 0 unspecified atom stereocenters. The molecule has 0 bridgehead atoms. The Bertz CT molecular complexity index is 786. The van der Waals surface area contributed by atoms with Crippen molar-refractivity contribution in [2.75, 3.05) is 58.4 Å². The van der Waals surface area contributed by atoms with Gasteiger partial charge < -0.3 is 19.3 Å². The van der Waals surface area contributed by atoms with E-state index in [2.05, 4.69) is 21.9 Å². The number of carbonyl (C=O) groups excluding carboxylic acids is 1. The Balaban J connectivity index is 1.46. The molecule has 2 aromatic carbocycles. The maximum Gasteiger partial charge on any atom is 0.236 e. The predicted octanol–water partition coefficient (Wildman–Crippen LogP) is 2.87. The molecule has 1 amide bonds. The van der Waals surface area contributed by atoms with E-state index >= 15 is 0 Å². The lowest BCUT2D eigenvalue weighted by Crippen LogP contribution is -2.49. The Morgan fingerprint density at radius 3 is 2.41 bits per heavy atom. The van der Waals surface area contributed by atoms with Crippen LogP contribution in [0.25, 0.3) is 0 Å². The molecule has 156 valence electrons. The molecule has 3 rings (SSSR count). The Morgan fingerprint density at radius 2 is 1.76 bits per heavy atom. The minimum absolute atomic E-state index is 0.147. The molecule has 6 heteroatoms. The van der Waals surface area contributed by atoms with Gasteiger partial charge in [0.2, 0.25) is 5.91 Å². The normalized spacial score (nSPS) is 14.5. The van der Waals surface area contributed by atoms with E-state index in [1.807, 2.05) is 50.4 Å². The second kappa shape index (κ2) is 10.2. The first kappa shape index (κ1) is 21.0. The summed E-state index contributed by atoms with van der Waals surface area (Å²) in [5.74, 6) is 1.88. The number of benzene rings is 2. The average molecular weight is 398 g/mol. The van der Waals surface area contributed by atoms with Crippen molar-refractivity contribution in [2.24, 2.45) is 0 Å². The standard InChI is InChI=1S/C23H31N3O3/c1-4-29-21-10-8-19(9-11-21)17-24(2)23(27)18-25-12-14-26(15-13-25)20-6-5-7-22(16-20)28-3/h5-11,16H,4,12-15,17-18H2,1-3H3. The number of rotatable bonds is 8. The predicted molar refractivity (Wildman–Crippen MR) is 116 cm³/mol. The van der Waals surface area contributed by atoms with Crippen LogP contribution >= 0.6 is 0 Å². The third-order valence-electron chi connectivity index (χ3n) is 5.23. The van der Waals surface area contributed by atoms with E-state index in [4.69, 9.17) is 9.47 Å². The zero-order valence-corrected chi connectivity index (χ0v) is 17.6. The summed E-state index contributed by atoms with van der Waals surface area (Å²) in [5.41, 5.74) is 2.27. The molecule has 2 aromatic rings. The Morgan fingerprint density at radius 1 is 1.03 bits per heavy atom. The number of anilines is 1.